The third kappa shape index (κ3) is 4.08. The van der Waals surface area contributed by atoms with Gasteiger partial charge >= 0.3 is 0 Å². The van der Waals surface area contributed by atoms with Crippen LogP contribution in [0, 0.1) is 0 Å². The number of hydrogen-bond acceptors (Lipinski definition) is 1. The summed E-state index contributed by atoms with van der Waals surface area (Å²) < 4.78 is 0. The van der Waals surface area contributed by atoms with Crippen LogP contribution in [0.4, 0.5) is 17.1 Å². The molecule has 0 bridgehead atoms. The Morgan fingerprint density at radius 1 is 0.409 bits per heavy atom. The number of nitrogens with zero attached hydrogens (tertiary/aromatic N) is 1. The second-order valence-corrected chi connectivity index (χ2v) is 12.1. The van der Waals surface area contributed by atoms with Crippen LogP contribution in [0.25, 0.3) is 44.2 Å². The highest BCUT2D eigenvalue weighted by Gasteiger charge is 2.41. The van der Waals surface area contributed by atoms with E-state index in [0.717, 1.165) is 11.4 Å². The molecule has 7 aromatic carbocycles. The van der Waals surface area contributed by atoms with E-state index < -0.39 is 0 Å². The minimum atomic E-state index is -0.158. The summed E-state index contributed by atoms with van der Waals surface area (Å²) >= 11 is 0. The standard InChI is InChI=1S/C43H33N/c1-43(2)38-25-15-14-24-37(38)40-41(43)36-23-13-12-22-35(36)39(32-18-8-4-9-19-32)42(40)44(33-20-10-5-11-21-33)34-28-26-31(27-29-34)30-16-6-3-7-17-30/h3-29H,1-2H3. The van der Waals surface area contributed by atoms with Gasteiger partial charge in [0.25, 0.3) is 0 Å². The second-order valence-electron chi connectivity index (χ2n) is 12.1. The number of anilines is 3. The van der Waals surface area contributed by atoms with Crippen LogP contribution in [0.1, 0.15) is 25.0 Å². The highest BCUT2D eigenvalue weighted by Crippen LogP contribution is 2.60. The van der Waals surface area contributed by atoms with Crippen LogP contribution in [-0.4, -0.2) is 0 Å². The molecule has 0 aromatic heterocycles. The minimum Gasteiger partial charge on any atom is -0.309 e. The Kier molecular flexibility index (Phi) is 6.20. The smallest absolute Gasteiger partial charge is 0.0628 e. The van der Waals surface area contributed by atoms with E-state index in [1.165, 1.54) is 61.0 Å². The molecule has 1 heteroatoms. The number of para-hydroxylation sites is 1. The van der Waals surface area contributed by atoms with Crippen molar-refractivity contribution in [2.24, 2.45) is 0 Å². The first-order valence-corrected chi connectivity index (χ1v) is 15.4. The fourth-order valence-corrected chi connectivity index (χ4v) is 7.26. The van der Waals surface area contributed by atoms with Gasteiger partial charge in [-0.2, -0.15) is 0 Å². The zero-order chi connectivity index (χ0) is 29.7. The normalized spacial score (nSPS) is 13.0. The van der Waals surface area contributed by atoms with Crippen molar-refractivity contribution in [3.8, 4) is 33.4 Å². The first kappa shape index (κ1) is 26.2. The largest absolute Gasteiger partial charge is 0.309 e. The molecule has 0 unspecified atom stereocenters. The zero-order valence-electron chi connectivity index (χ0n) is 25.0. The molecule has 0 amide bonds. The molecule has 0 saturated carbocycles. The highest BCUT2D eigenvalue weighted by molar-refractivity contribution is 6.15. The van der Waals surface area contributed by atoms with Gasteiger partial charge in [0.05, 0.1) is 5.69 Å². The molecule has 0 heterocycles. The first-order valence-electron chi connectivity index (χ1n) is 15.4. The Bertz CT molecular complexity index is 2110. The van der Waals surface area contributed by atoms with Crippen molar-refractivity contribution in [3.05, 3.63) is 175 Å². The third-order valence-corrected chi connectivity index (χ3v) is 9.22. The molecule has 7 aromatic rings. The van der Waals surface area contributed by atoms with Crippen LogP contribution in [-0.2, 0) is 5.41 Å². The Hall–Kier alpha value is -5.40. The fourth-order valence-electron chi connectivity index (χ4n) is 7.26. The van der Waals surface area contributed by atoms with Crippen molar-refractivity contribution in [3.63, 3.8) is 0 Å². The molecule has 0 fully saturated rings. The summed E-state index contributed by atoms with van der Waals surface area (Å²) in [7, 11) is 0. The van der Waals surface area contributed by atoms with Crippen LogP contribution in [0.15, 0.2) is 164 Å². The van der Waals surface area contributed by atoms with E-state index in [-0.39, 0.29) is 5.41 Å². The molecule has 1 nitrogen and oxygen atoms in total. The molecule has 44 heavy (non-hydrogen) atoms. The van der Waals surface area contributed by atoms with Gasteiger partial charge in [-0.3, -0.25) is 0 Å². The quantitative estimate of drug-likeness (QED) is 0.201. The summed E-state index contributed by atoms with van der Waals surface area (Å²) in [5.41, 5.74) is 13.6. The van der Waals surface area contributed by atoms with Crippen molar-refractivity contribution in [1.82, 2.24) is 0 Å². The molecule has 0 spiro atoms. The number of benzene rings is 7. The van der Waals surface area contributed by atoms with Gasteiger partial charge in [-0.05, 0) is 68.4 Å². The molecule has 0 radical (unpaired) electrons. The van der Waals surface area contributed by atoms with Crippen molar-refractivity contribution in [2.45, 2.75) is 19.3 Å². The van der Waals surface area contributed by atoms with E-state index in [1.54, 1.807) is 0 Å². The number of fused-ring (bicyclic) bond motifs is 5. The van der Waals surface area contributed by atoms with Crippen LogP contribution in [0.2, 0.25) is 0 Å². The predicted molar refractivity (Wildman–Crippen MR) is 187 cm³/mol. The van der Waals surface area contributed by atoms with Gasteiger partial charge in [-0.1, -0.05) is 153 Å². The third-order valence-electron chi connectivity index (χ3n) is 9.22. The average molecular weight is 564 g/mol. The molecule has 0 aliphatic heterocycles. The summed E-state index contributed by atoms with van der Waals surface area (Å²) in [5.74, 6) is 0. The lowest BCUT2D eigenvalue weighted by molar-refractivity contribution is 0.666. The summed E-state index contributed by atoms with van der Waals surface area (Å²) in [6.45, 7) is 4.77. The molecule has 210 valence electrons. The summed E-state index contributed by atoms with van der Waals surface area (Å²) in [6.07, 6.45) is 0. The SMILES string of the molecule is CC1(C)c2ccccc2-c2c(N(c3ccccc3)c3ccc(-c4ccccc4)cc3)c(-c3ccccc3)c3ccccc3c21. The van der Waals surface area contributed by atoms with Crippen molar-refractivity contribution >= 4 is 27.8 Å². The van der Waals surface area contributed by atoms with Gasteiger partial charge in [0.2, 0.25) is 0 Å². The maximum absolute atomic E-state index is 2.49. The number of hydrogen-bond donors (Lipinski definition) is 0. The van der Waals surface area contributed by atoms with E-state index in [0.29, 0.717) is 0 Å². The lowest BCUT2D eigenvalue weighted by Gasteiger charge is -2.33. The van der Waals surface area contributed by atoms with Crippen LogP contribution < -0.4 is 4.90 Å². The van der Waals surface area contributed by atoms with Crippen molar-refractivity contribution < 1.29 is 0 Å². The molecule has 1 aliphatic carbocycles. The maximum atomic E-state index is 2.49. The second kappa shape index (κ2) is 10.4. The predicted octanol–water partition coefficient (Wildman–Crippen LogP) is 11.9. The van der Waals surface area contributed by atoms with E-state index in [4.69, 9.17) is 0 Å². The minimum absolute atomic E-state index is 0.158. The van der Waals surface area contributed by atoms with E-state index in [9.17, 15) is 0 Å². The lowest BCUT2D eigenvalue weighted by atomic mass is 9.78. The fraction of sp³-hybridized carbons (Fsp3) is 0.0698. The van der Waals surface area contributed by atoms with Crippen LogP contribution >= 0.6 is 0 Å². The van der Waals surface area contributed by atoms with Gasteiger partial charge in [-0.15, -0.1) is 0 Å². The van der Waals surface area contributed by atoms with Gasteiger partial charge in [0, 0.05) is 27.9 Å². The average Bonchev–Trinajstić information content (AvgIpc) is 3.33. The monoisotopic (exact) mass is 563 g/mol. The molecule has 0 atom stereocenters. The molecule has 0 N–H and O–H groups in total. The topological polar surface area (TPSA) is 3.24 Å². The first-order chi connectivity index (χ1) is 21.6. The Morgan fingerprint density at radius 3 is 1.59 bits per heavy atom. The Labute approximate surface area is 259 Å². The van der Waals surface area contributed by atoms with Gasteiger partial charge in [0.15, 0.2) is 0 Å². The van der Waals surface area contributed by atoms with E-state index in [2.05, 4.69) is 183 Å². The van der Waals surface area contributed by atoms with Gasteiger partial charge in [0.1, 0.15) is 0 Å². The Morgan fingerprint density at radius 2 is 0.909 bits per heavy atom. The maximum Gasteiger partial charge on any atom is 0.0628 e. The zero-order valence-corrected chi connectivity index (χ0v) is 25.0. The van der Waals surface area contributed by atoms with Crippen molar-refractivity contribution in [1.29, 1.82) is 0 Å². The highest BCUT2D eigenvalue weighted by atomic mass is 15.1. The van der Waals surface area contributed by atoms with Gasteiger partial charge < -0.3 is 4.90 Å². The van der Waals surface area contributed by atoms with Crippen LogP contribution in [0.3, 0.4) is 0 Å². The lowest BCUT2D eigenvalue weighted by Crippen LogP contribution is -2.17. The Balaban J connectivity index is 1.52. The van der Waals surface area contributed by atoms with Crippen LogP contribution in [0.5, 0.6) is 0 Å². The number of rotatable bonds is 5. The van der Waals surface area contributed by atoms with Crippen molar-refractivity contribution in [2.75, 3.05) is 4.90 Å². The summed E-state index contributed by atoms with van der Waals surface area (Å²) in [5, 5.41) is 2.59. The molecular formula is C43H33N. The summed E-state index contributed by atoms with van der Waals surface area (Å²) in [6, 6.07) is 59.4. The van der Waals surface area contributed by atoms with E-state index >= 15 is 0 Å². The molecular weight excluding hydrogens is 530 g/mol. The van der Waals surface area contributed by atoms with Gasteiger partial charge in [-0.25, -0.2) is 0 Å². The molecule has 0 saturated heterocycles. The van der Waals surface area contributed by atoms with E-state index in [1.807, 2.05) is 0 Å². The molecule has 8 rings (SSSR count). The summed E-state index contributed by atoms with van der Waals surface area (Å²) in [4.78, 5) is 2.49. The molecule has 1 aliphatic rings.